The molecule has 1 nitrogen and oxygen atoms in total. The Bertz CT molecular complexity index is 148. The van der Waals surface area contributed by atoms with Crippen LogP contribution < -0.4 is 0 Å². The van der Waals surface area contributed by atoms with Crippen LogP contribution in [0.2, 0.25) is 0 Å². The number of nitrogens with zero attached hydrogens (tertiary/aromatic N) is 1. The van der Waals surface area contributed by atoms with Gasteiger partial charge in [0.1, 0.15) is 0 Å². The van der Waals surface area contributed by atoms with Crippen molar-refractivity contribution in [3.63, 3.8) is 0 Å². The Morgan fingerprint density at radius 2 is 1.50 bits per heavy atom. The maximum Gasteiger partial charge on any atom is 0.673 e. The summed E-state index contributed by atoms with van der Waals surface area (Å²) in [5.41, 5.74) is 0. The summed E-state index contributed by atoms with van der Waals surface area (Å²) in [4.78, 5) is 2.45. The molecule has 1 saturated heterocycles. The van der Waals surface area contributed by atoms with Crippen LogP contribution in [-0.4, -0.2) is 31.8 Å². The van der Waals surface area contributed by atoms with Crippen LogP contribution in [0.3, 0.4) is 0 Å². The largest absolute Gasteiger partial charge is 0.673 e. The Kier molecular flexibility index (Phi) is 6.62. The lowest BCUT2D eigenvalue weighted by Crippen LogP contribution is -2.29. The molecule has 1 heterocycles. The summed E-state index contributed by atoms with van der Waals surface area (Å²) in [5.74, 6) is 0. The molecule has 1 aliphatic heterocycles. The molecule has 0 radical (unpaired) electrons. The van der Waals surface area contributed by atoms with E-state index in [-0.39, 0.29) is 0 Å². The zero-order chi connectivity index (χ0) is 11.0. The molecule has 0 atom stereocenters. The number of rotatable bonds is 2. The van der Waals surface area contributed by atoms with Crippen LogP contribution in [-0.2, 0) is 0 Å². The van der Waals surface area contributed by atoms with Gasteiger partial charge in [-0.15, -0.1) is 6.58 Å². The number of hydrogen-bond donors (Lipinski definition) is 0. The van der Waals surface area contributed by atoms with Crippen LogP contribution in [0.5, 0.6) is 0 Å². The Labute approximate surface area is 81.9 Å². The molecule has 84 valence electrons. The zero-order valence-electron chi connectivity index (χ0n) is 8.06. The van der Waals surface area contributed by atoms with E-state index in [9.17, 15) is 17.3 Å². The third-order valence-electron chi connectivity index (χ3n) is 1.84. The van der Waals surface area contributed by atoms with Gasteiger partial charge in [-0.25, -0.2) is 0 Å². The number of hydrogen-bond acceptors (Lipinski definition) is 1. The molecule has 14 heavy (non-hydrogen) atoms. The first-order valence-electron chi connectivity index (χ1n) is 4.64. The highest BCUT2D eigenvalue weighted by molar-refractivity contribution is 6.50. The van der Waals surface area contributed by atoms with Crippen LogP contribution in [0.1, 0.15) is 19.3 Å². The van der Waals surface area contributed by atoms with Crippen molar-refractivity contribution >= 4 is 7.25 Å². The molecule has 0 amide bonds. The van der Waals surface area contributed by atoms with Gasteiger partial charge in [0.15, 0.2) is 0 Å². The highest BCUT2D eigenvalue weighted by Crippen LogP contribution is 2.07. The van der Waals surface area contributed by atoms with Gasteiger partial charge in [-0.3, -0.25) is 4.90 Å². The summed E-state index contributed by atoms with van der Waals surface area (Å²) in [7, 11) is -6.00. The molecule has 0 aromatic heterocycles. The van der Waals surface area contributed by atoms with Crippen LogP contribution in [0.4, 0.5) is 17.3 Å². The predicted octanol–water partition coefficient (Wildman–Crippen LogP) is 2.96. The van der Waals surface area contributed by atoms with E-state index in [0.29, 0.717) is 0 Å². The fourth-order valence-electron chi connectivity index (χ4n) is 1.32. The molecule has 1 fully saturated rings. The van der Waals surface area contributed by atoms with Gasteiger partial charge in [-0.1, -0.05) is 12.5 Å². The monoisotopic (exact) mass is 212 g/mol. The second-order valence-electron chi connectivity index (χ2n) is 3.14. The maximum absolute atomic E-state index is 9.75. The molecule has 0 unspecified atom stereocenters. The molecule has 0 aromatic carbocycles. The summed E-state index contributed by atoms with van der Waals surface area (Å²) in [5, 5.41) is 0. The molecular formula is C8H15BF4N-. The van der Waals surface area contributed by atoms with E-state index in [4.69, 9.17) is 0 Å². The lowest BCUT2D eigenvalue weighted by Gasteiger charge is -2.24. The smallest absolute Gasteiger partial charge is 0.418 e. The van der Waals surface area contributed by atoms with Crippen molar-refractivity contribution in [1.29, 1.82) is 0 Å². The third kappa shape index (κ3) is 11.5. The first kappa shape index (κ1) is 13.5. The van der Waals surface area contributed by atoms with E-state index in [0.717, 1.165) is 6.54 Å². The van der Waals surface area contributed by atoms with Gasteiger partial charge in [-0.2, -0.15) is 0 Å². The minimum Gasteiger partial charge on any atom is -0.418 e. The highest BCUT2D eigenvalue weighted by Gasteiger charge is 2.20. The molecule has 0 aliphatic carbocycles. The van der Waals surface area contributed by atoms with Crippen molar-refractivity contribution < 1.29 is 17.3 Å². The van der Waals surface area contributed by atoms with Crippen molar-refractivity contribution in [2.45, 2.75) is 19.3 Å². The summed E-state index contributed by atoms with van der Waals surface area (Å²) in [6.45, 7) is 7.36. The first-order chi connectivity index (χ1) is 6.43. The van der Waals surface area contributed by atoms with Crippen LogP contribution in [0, 0.1) is 0 Å². The molecule has 0 saturated carbocycles. The summed E-state index contributed by atoms with van der Waals surface area (Å²) in [6, 6.07) is 0. The van der Waals surface area contributed by atoms with Crippen LogP contribution in [0.25, 0.3) is 0 Å². The van der Waals surface area contributed by atoms with E-state index in [1.54, 1.807) is 0 Å². The van der Waals surface area contributed by atoms with Crippen molar-refractivity contribution in [3.05, 3.63) is 12.7 Å². The highest BCUT2D eigenvalue weighted by atomic mass is 19.5. The summed E-state index contributed by atoms with van der Waals surface area (Å²) in [6.07, 6.45) is 6.18. The summed E-state index contributed by atoms with van der Waals surface area (Å²) >= 11 is 0. The normalized spacial score (nSPS) is 18.3. The van der Waals surface area contributed by atoms with E-state index < -0.39 is 7.25 Å². The van der Waals surface area contributed by atoms with Gasteiger partial charge >= 0.3 is 7.25 Å². The van der Waals surface area contributed by atoms with Crippen molar-refractivity contribution in [3.8, 4) is 0 Å². The Balaban J connectivity index is 0.000000292. The second kappa shape index (κ2) is 6.87. The Morgan fingerprint density at radius 3 is 1.86 bits per heavy atom. The second-order valence-corrected chi connectivity index (χ2v) is 3.14. The first-order valence-corrected chi connectivity index (χ1v) is 4.64. The van der Waals surface area contributed by atoms with E-state index >= 15 is 0 Å². The average Bonchev–Trinajstić information content (AvgIpc) is 2.03. The Hall–Kier alpha value is -0.515. The molecule has 6 heteroatoms. The number of likely N-dealkylation sites (tertiary alicyclic amines) is 1. The fourth-order valence-corrected chi connectivity index (χ4v) is 1.32. The maximum atomic E-state index is 9.75. The van der Waals surface area contributed by atoms with E-state index in [2.05, 4.69) is 11.5 Å². The lowest BCUT2D eigenvalue weighted by molar-refractivity contribution is 0.251. The molecule has 1 rings (SSSR count). The fraction of sp³-hybridized carbons (Fsp3) is 0.750. The van der Waals surface area contributed by atoms with E-state index in [1.807, 2.05) is 6.08 Å². The summed E-state index contributed by atoms with van der Waals surface area (Å²) < 4.78 is 39.0. The van der Waals surface area contributed by atoms with Crippen molar-refractivity contribution in [2.75, 3.05) is 19.6 Å². The van der Waals surface area contributed by atoms with Crippen LogP contribution >= 0.6 is 0 Å². The third-order valence-corrected chi connectivity index (χ3v) is 1.84. The average molecular weight is 212 g/mol. The van der Waals surface area contributed by atoms with Gasteiger partial charge in [-0.05, 0) is 25.9 Å². The number of piperidine rings is 1. The topological polar surface area (TPSA) is 3.24 Å². The quantitative estimate of drug-likeness (QED) is 0.386. The molecule has 0 spiro atoms. The van der Waals surface area contributed by atoms with Gasteiger partial charge in [0, 0.05) is 6.54 Å². The van der Waals surface area contributed by atoms with Gasteiger partial charge in [0.25, 0.3) is 0 Å². The standard InChI is InChI=1S/C8H15N.BF4/c1-2-6-9-7-4-3-5-8-9;2-1(3,4)5/h2H,1,3-8H2;/q;-1. The van der Waals surface area contributed by atoms with Gasteiger partial charge in [0.05, 0.1) is 0 Å². The lowest BCUT2D eigenvalue weighted by atomic mass is 10.1. The molecule has 1 aliphatic rings. The zero-order valence-corrected chi connectivity index (χ0v) is 8.06. The molecule has 0 aromatic rings. The van der Waals surface area contributed by atoms with Gasteiger partial charge < -0.3 is 17.3 Å². The molecular weight excluding hydrogens is 197 g/mol. The minimum atomic E-state index is -6.00. The van der Waals surface area contributed by atoms with Crippen molar-refractivity contribution in [2.24, 2.45) is 0 Å². The molecule has 0 N–H and O–H groups in total. The minimum absolute atomic E-state index is 1.08. The molecule has 0 bridgehead atoms. The Morgan fingerprint density at radius 1 is 1.07 bits per heavy atom. The van der Waals surface area contributed by atoms with E-state index in [1.165, 1.54) is 32.4 Å². The van der Waals surface area contributed by atoms with Crippen LogP contribution in [0.15, 0.2) is 12.7 Å². The predicted molar refractivity (Wildman–Crippen MR) is 50.7 cm³/mol. The van der Waals surface area contributed by atoms with Crippen molar-refractivity contribution in [1.82, 2.24) is 4.90 Å². The van der Waals surface area contributed by atoms with Gasteiger partial charge in [0.2, 0.25) is 0 Å². The SMILES string of the molecule is C=CCN1CCCCC1.F[B-](F)(F)F. The number of halogens is 4.